The van der Waals surface area contributed by atoms with Crippen LogP contribution in [-0.4, -0.2) is 12.5 Å². The summed E-state index contributed by atoms with van der Waals surface area (Å²) in [7, 11) is 0. The molecule has 10 rings (SSSR count). The third-order valence-electron chi connectivity index (χ3n) is 15.1. The fraction of sp³-hybridized carbons (Fsp3) is 0.0556. The summed E-state index contributed by atoms with van der Waals surface area (Å²) in [5.41, 5.74) is -3.39. The number of halogens is 6. The van der Waals surface area contributed by atoms with Crippen LogP contribution >= 0.6 is 0 Å². The van der Waals surface area contributed by atoms with Crippen LogP contribution in [0.4, 0.5) is 49.1 Å². The molecule has 0 amide bonds. The first-order valence-electron chi connectivity index (χ1n) is 26.4. The Morgan fingerprint density at radius 1 is 0.368 bits per heavy atom. The number of allylic oxidation sites excluding steroid dienone is 11. The molecular formula is C72H22F6N16O. The van der Waals surface area contributed by atoms with Gasteiger partial charge in [-0.15, -0.1) is 13.2 Å². The Labute approximate surface area is 535 Å². The predicted octanol–water partition coefficient (Wildman–Crippen LogP) is 18.5. The van der Waals surface area contributed by atoms with E-state index in [2.05, 4.69) is 55.6 Å². The molecular weight excluding hydrogens is 1220 g/mol. The molecule has 4 aliphatic carbocycles. The molecule has 95 heavy (non-hydrogen) atoms. The van der Waals surface area contributed by atoms with Crippen LogP contribution in [0.1, 0.15) is 103 Å². The van der Waals surface area contributed by atoms with Gasteiger partial charge in [-0.3, -0.25) is 0 Å². The lowest BCUT2D eigenvalue weighted by atomic mass is 9.89. The molecule has 0 unspecified atom stereocenters. The number of alkyl halides is 6. The van der Waals surface area contributed by atoms with Crippen molar-refractivity contribution in [2.75, 3.05) is 0 Å². The first-order chi connectivity index (χ1) is 45.4. The van der Waals surface area contributed by atoms with E-state index in [1.807, 2.05) is 24.3 Å². The molecule has 0 saturated carbocycles. The highest BCUT2D eigenvalue weighted by Gasteiger charge is 2.47. The molecule has 0 aromatic heterocycles. The second-order valence-corrected chi connectivity index (χ2v) is 20.1. The molecule has 0 heterocycles. The lowest BCUT2D eigenvalue weighted by Gasteiger charge is -2.15. The van der Waals surface area contributed by atoms with Crippen LogP contribution in [0.15, 0.2) is 120 Å². The van der Waals surface area contributed by atoms with Crippen molar-refractivity contribution in [2.24, 2.45) is 0 Å². The molecule has 0 radical (unpaired) electrons. The highest BCUT2D eigenvalue weighted by Crippen LogP contribution is 2.57. The molecule has 6 aromatic rings. The van der Waals surface area contributed by atoms with Gasteiger partial charge in [-0.05, 0) is 146 Å². The Hall–Kier alpha value is -15.5. The quantitative estimate of drug-likeness (QED) is 0.0905. The maximum atomic E-state index is 14.8. The summed E-state index contributed by atoms with van der Waals surface area (Å²) < 4.78 is 90.5. The molecule has 17 nitrogen and oxygen atoms in total. The van der Waals surface area contributed by atoms with E-state index in [9.17, 15) is 68.4 Å². The van der Waals surface area contributed by atoms with E-state index < -0.39 is 57.6 Å². The minimum Gasteiger partial charge on any atom is -0.405 e. The van der Waals surface area contributed by atoms with Gasteiger partial charge in [0.2, 0.25) is 11.4 Å². The van der Waals surface area contributed by atoms with Gasteiger partial charge in [-0.25, -0.2) is 38.8 Å². The van der Waals surface area contributed by atoms with Crippen LogP contribution in [0.25, 0.3) is 106 Å². The van der Waals surface area contributed by atoms with Crippen molar-refractivity contribution in [3.8, 4) is 48.6 Å². The molecule has 0 spiro atoms. The third kappa shape index (κ3) is 11.1. The SMILES string of the molecule is [C-]#[N+]C1=C(C)/C(=C(/C#N)c2cc([N+]#[C-])cc([N+]#[C-])c2)c2cc3c(cc21)/C(=C(\[N+]#[C-])c1cc(C#N)cc(C#N)c1)C(C(F)(F)F)=C3C#N.[C-]#[N+]C1=C(C)/C(=C(/C#N)c2cc([N+]#[C-])cc([N+]#[C-])c2)c2cc3c(cc21)/C(=C(\[N+]#[C-])c1cc(C#N)cc(C#N)c1)C(OC(F)(F)F)=C3C#N. The van der Waals surface area contributed by atoms with Gasteiger partial charge in [0.15, 0.2) is 34.1 Å². The van der Waals surface area contributed by atoms with Crippen molar-refractivity contribution in [3.63, 3.8) is 0 Å². The van der Waals surface area contributed by atoms with Gasteiger partial charge in [-0.1, -0.05) is 48.5 Å². The van der Waals surface area contributed by atoms with Crippen molar-refractivity contribution in [2.45, 2.75) is 26.4 Å². The lowest BCUT2D eigenvalue weighted by Crippen LogP contribution is -2.13. The smallest absolute Gasteiger partial charge is 0.405 e. The van der Waals surface area contributed by atoms with Crippen LogP contribution in [0.5, 0.6) is 0 Å². The number of hydrogen-bond acceptors (Lipinski definition) is 9. The van der Waals surface area contributed by atoms with E-state index in [-0.39, 0.29) is 145 Å². The molecule has 0 fully saturated rings. The van der Waals surface area contributed by atoms with Gasteiger partial charge < -0.3 is 4.74 Å². The van der Waals surface area contributed by atoms with Gasteiger partial charge in [-0.2, -0.15) is 55.3 Å². The molecule has 0 atom stereocenters. The molecule has 6 aromatic carbocycles. The van der Waals surface area contributed by atoms with Gasteiger partial charge in [0, 0.05) is 16.7 Å². The number of nitriles is 8. The third-order valence-corrected chi connectivity index (χ3v) is 15.1. The zero-order valence-corrected chi connectivity index (χ0v) is 48.1. The Balaban J connectivity index is 0.000000223. The highest BCUT2D eigenvalue weighted by atomic mass is 19.4. The number of fused-ring (bicyclic) bond motifs is 4. The summed E-state index contributed by atoms with van der Waals surface area (Å²) in [4.78, 5) is 27.5. The Kier molecular flexibility index (Phi) is 16.8. The van der Waals surface area contributed by atoms with E-state index >= 15 is 0 Å². The number of benzene rings is 6. The first-order valence-corrected chi connectivity index (χ1v) is 26.4. The van der Waals surface area contributed by atoms with Crippen molar-refractivity contribution in [1.29, 1.82) is 42.1 Å². The maximum absolute atomic E-state index is 14.8. The van der Waals surface area contributed by atoms with Crippen LogP contribution in [0.3, 0.4) is 0 Å². The molecule has 0 N–H and O–H groups in total. The molecule has 438 valence electrons. The lowest BCUT2D eigenvalue weighted by molar-refractivity contribution is -0.302. The number of nitrogens with zero attached hydrogens (tertiary/aromatic N) is 16. The Bertz CT molecular complexity index is 5570. The van der Waals surface area contributed by atoms with Gasteiger partial charge >= 0.3 is 12.5 Å². The second kappa shape index (κ2) is 24.9. The summed E-state index contributed by atoms with van der Waals surface area (Å²) in [6, 6.07) is 35.6. The van der Waals surface area contributed by atoms with Gasteiger partial charge in [0.25, 0.3) is 0 Å². The molecule has 0 saturated heterocycles. The van der Waals surface area contributed by atoms with Crippen molar-refractivity contribution < 1.29 is 31.1 Å². The van der Waals surface area contributed by atoms with E-state index in [0.717, 1.165) is 0 Å². The fourth-order valence-corrected chi connectivity index (χ4v) is 11.4. The normalized spacial score (nSPS) is 14.9. The van der Waals surface area contributed by atoms with E-state index in [4.69, 9.17) is 52.6 Å². The minimum absolute atomic E-state index is 0.0122. The number of hydrogen-bond donors (Lipinski definition) is 0. The van der Waals surface area contributed by atoms with E-state index in [0.29, 0.717) is 11.1 Å². The average molecular weight is 1240 g/mol. The Morgan fingerprint density at radius 2 is 0.705 bits per heavy atom. The maximum Gasteiger partial charge on any atom is 0.573 e. The van der Waals surface area contributed by atoms with Crippen LogP contribution in [0.2, 0.25) is 0 Å². The number of ether oxygens (including phenoxy) is 1. The standard InChI is InChI=1S/C36H11F3N8O.C36H11F3N8/c1-18-31(29(16-42)21-9-23(44-2)11-24(10-21)45-3)27-12-25-26(13-28(27)33(18)46-4)32(35(30(25)17-43)48-36(37,38)39)34(47-5)22-7-19(14-40)6-20(8-22)15-41;1-18-31(29(16-42)21-9-23(44-2)11-24(10-21)45-3)27-12-25-26(13-28(27)34(18)46-4)32(33(30(25)17-43)36(37,38)39)35(47-5)22-7-19(14-40)6-20(8-22)15-41/h6-13H,1H3;6-13H,1H3/b31-29+,34-32+;31-29+,35-32+. The summed E-state index contributed by atoms with van der Waals surface area (Å²) in [6.45, 7) is 64.4. The fourth-order valence-electron chi connectivity index (χ4n) is 11.4. The van der Waals surface area contributed by atoms with Crippen LogP contribution in [-0.2, 0) is 4.74 Å². The second-order valence-electron chi connectivity index (χ2n) is 20.1. The summed E-state index contributed by atoms with van der Waals surface area (Å²) >= 11 is 0. The monoisotopic (exact) mass is 1240 g/mol. The van der Waals surface area contributed by atoms with Crippen LogP contribution < -0.4 is 0 Å². The first kappa shape index (κ1) is 63.9. The summed E-state index contributed by atoms with van der Waals surface area (Å²) in [5, 5.41) is 78.8. The molecule has 23 heteroatoms. The molecule has 4 aliphatic rings. The Morgan fingerprint density at radius 3 is 1.01 bits per heavy atom. The zero-order chi connectivity index (χ0) is 69.1. The van der Waals surface area contributed by atoms with E-state index in [1.54, 1.807) is 26.0 Å². The molecule has 0 aliphatic heterocycles. The van der Waals surface area contributed by atoms with Gasteiger partial charge in [0.1, 0.15) is 35.6 Å². The van der Waals surface area contributed by atoms with Gasteiger partial charge in [0.05, 0.1) is 121 Å². The zero-order valence-electron chi connectivity index (χ0n) is 48.1. The van der Waals surface area contributed by atoms with Crippen molar-refractivity contribution >= 4 is 90.1 Å². The summed E-state index contributed by atoms with van der Waals surface area (Å²) in [5.74, 6) is -0.988. The van der Waals surface area contributed by atoms with Crippen LogP contribution in [0, 0.1) is 143 Å². The molecule has 0 bridgehead atoms. The topological polar surface area (TPSA) is 234 Å². The number of rotatable bonds is 5. The van der Waals surface area contributed by atoms with Crippen molar-refractivity contribution in [1.82, 2.24) is 0 Å². The van der Waals surface area contributed by atoms with E-state index in [1.165, 1.54) is 97.1 Å². The predicted molar refractivity (Wildman–Crippen MR) is 331 cm³/mol. The summed E-state index contributed by atoms with van der Waals surface area (Å²) in [6.07, 6.45) is -10.4. The average Bonchev–Trinajstić information content (AvgIpc) is 1.57. The minimum atomic E-state index is -5.31. The largest absolute Gasteiger partial charge is 0.573 e. The highest BCUT2D eigenvalue weighted by molar-refractivity contribution is 6.20. The van der Waals surface area contributed by atoms with Crippen molar-refractivity contribution in [3.05, 3.63) is 300 Å².